The molecule has 2 aromatic rings. The van der Waals surface area contributed by atoms with Crippen LogP contribution in [-0.2, 0) is 14.8 Å². The molecule has 25 heavy (non-hydrogen) atoms. The van der Waals surface area contributed by atoms with Crippen molar-refractivity contribution in [3.8, 4) is 0 Å². The van der Waals surface area contributed by atoms with Gasteiger partial charge in [-0.1, -0.05) is 12.1 Å². The number of halogens is 2. The molecule has 0 aromatic heterocycles. The molecule has 2 rings (SSSR count). The van der Waals surface area contributed by atoms with Gasteiger partial charge in [-0.05, 0) is 42.8 Å². The number of hydrogen-bond acceptors (Lipinski definition) is 4. The molecule has 134 valence electrons. The zero-order valence-electron chi connectivity index (χ0n) is 13.2. The number of sulfonamides is 1. The summed E-state index contributed by atoms with van der Waals surface area (Å²) in [6.07, 6.45) is 0. The molecule has 2 aromatic carbocycles. The van der Waals surface area contributed by atoms with Crippen LogP contribution < -0.4 is 10.5 Å². The first kappa shape index (κ1) is 19.4. The van der Waals surface area contributed by atoms with Crippen molar-refractivity contribution >= 4 is 27.7 Å². The smallest absolute Gasteiger partial charge is 0.238 e. The van der Waals surface area contributed by atoms with Crippen molar-refractivity contribution in [2.24, 2.45) is 5.14 Å². The van der Waals surface area contributed by atoms with Crippen LogP contribution in [0, 0.1) is 11.6 Å². The first-order chi connectivity index (χ1) is 11.7. The Labute approximate surface area is 148 Å². The normalized spacial score (nSPS) is 12.6. The summed E-state index contributed by atoms with van der Waals surface area (Å²) in [4.78, 5) is 12.0. The number of thioether (sulfide) groups is 1. The Hall–Kier alpha value is -1.97. The van der Waals surface area contributed by atoms with E-state index in [0.717, 1.165) is 30.0 Å². The Morgan fingerprint density at radius 1 is 1.20 bits per heavy atom. The summed E-state index contributed by atoms with van der Waals surface area (Å²) in [5, 5.41) is 7.73. The molecule has 0 bridgehead atoms. The van der Waals surface area contributed by atoms with Crippen LogP contribution in [0.5, 0.6) is 0 Å². The maximum atomic E-state index is 13.5. The van der Waals surface area contributed by atoms with Crippen molar-refractivity contribution in [1.82, 2.24) is 5.32 Å². The number of hydrogen-bond donors (Lipinski definition) is 2. The molecular weight excluding hydrogens is 370 g/mol. The van der Waals surface area contributed by atoms with E-state index in [0.29, 0.717) is 5.56 Å². The fraction of sp³-hybridized carbons (Fsp3) is 0.188. The van der Waals surface area contributed by atoms with Gasteiger partial charge in [-0.3, -0.25) is 4.79 Å². The van der Waals surface area contributed by atoms with Crippen molar-refractivity contribution in [3.05, 3.63) is 59.7 Å². The molecule has 0 fully saturated rings. The van der Waals surface area contributed by atoms with E-state index in [2.05, 4.69) is 5.32 Å². The van der Waals surface area contributed by atoms with Crippen LogP contribution in [0.4, 0.5) is 8.78 Å². The minimum atomic E-state index is -3.77. The van der Waals surface area contributed by atoms with Crippen molar-refractivity contribution in [1.29, 1.82) is 0 Å². The van der Waals surface area contributed by atoms with Crippen LogP contribution in [0.3, 0.4) is 0 Å². The molecule has 1 amide bonds. The van der Waals surface area contributed by atoms with Crippen LogP contribution in [-0.4, -0.2) is 20.1 Å². The minimum absolute atomic E-state index is 0.0214. The second-order valence-corrected chi connectivity index (χ2v) is 7.85. The van der Waals surface area contributed by atoms with Gasteiger partial charge in [0.05, 0.1) is 16.7 Å². The third kappa shape index (κ3) is 5.52. The summed E-state index contributed by atoms with van der Waals surface area (Å²) >= 11 is 0.889. The van der Waals surface area contributed by atoms with Gasteiger partial charge in [0.25, 0.3) is 0 Å². The van der Waals surface area contributed by atoms with E-state index in [4.69, 9.17) is 5.14 Å². The zero-order valence-corrected chi connectivity index (χ0v) is 14.8. The largest absolute Gasteiger partial charge is 0.349 e. The van der Waals surface area contributed by atoms with E-state index in [9.17, 15) is 22.0 Å². The molecule has 0 heterocycles. The monoisotopic (exact) mass is 386 g/mol. The first-order valence-corrected chi connectivity index (χ1v) is 9.70. The minimum Gasteiger partial charge on any atom is -0.349 e. The third-order valence-corrected chi connectivity index (χ3v) is 5.30. The highest BCUT2D eigenvalue weighted by molar-refractivity contribution is 8.00. The lowest BCUT2D eigenvalue weighted by Crippen LogP contribution is -2.28. The summed E-state index contributed by atoms with van der Waals surface area (Å²) in [7, 11) is -3.77. The number of nitrogens with two attached hydrogens (primary N) is 1. The van der Waals surface area contributed by atoms with E-state index in [1.165, 1.54) is 12.1 Å². The molecule has 0 saturated heterocycles. The molecule has 5 nitrogen and oxygen atoms in total. The van der Waals surface area contributed by atoms with Crippen molar-refractivity contribution in [3.63, 3.8) is 0 Å². The van der Waals surface area contributed by atoms with E-state index >= 15 is 0 Å². The van der Waals surface area contributed by atoms with Gasteiger partial charge in [0, 0.05) is 4.90 Å². The first-order valence-electron chi connectivity index (χ1n) is 7.17. The van der Waals surface area contributed by atoms with Crippen molar-refractivity contribution in [2.75, 3.05) is 5.75 Å². The number of rotatable bonds is 6. The standard InChI is InChI=1S/C16H16F2N2O3S2/c1-10(11-2-5-13(6-3-11)25(19,22)23)20-16(21)9-24-15-8-12(17)4-7-14(15)18/h2-8,10H,9H2,1H3,(H,20,21)(H2,19,22,23)/t10-/m1/s1. The maximum Gasteiger partial charge on any atom is 0.238 e. The second kappa shape index (κ2) is 7.94. The number of primary sulfonamides is 1. The molecule has 0 aliphatic heterocycles. The van der Waals surface area contributed by atoms with Crippen LogP contribution in [0.15, 0.2) is 52.3 Å². The van der Waals surface area contributed by atoms with Gasteiger partial charge >= 0.3 is 0 Å². The van der Waals surface area contributed by atoms with Gasteiger partial charge in [-0.2, -0.15) is 0 Å². The average molecular weight is 386 g/mol. The SMILES string of the molecule is C[C@@H](NC(=O)CSc1cc(F)ccc1F)c1ccc(S(N)(=O)=O)cc1. The lowest BCUT2D eigenvalue weighted by atomic mass is 10.1. The van der Waals surface area contributed by atoms with Crippen molar-refractivity contribution < 1.29 is 22.0 Å². The van der Waals surface area contributed by atoms with E-state index in [1.807, 2.05) is 0 Å². The maximum absolute atomic E-state index is 13.5. The highest BCUT2D eigenvalue weighted by atomic mass is 32.2. The lowest BCUT2D eigenvalue weighted by molar-refractivity contribution is -0.119. The van der Waals surface area contributed by atoms with Crippen molar-refractivity contribution in [2.45, 2.75) is 22.8 Å². The predicted octanol–water partition coefficient (Wildman–Crippen LogP) is 2.58. The Balaban J connectivity index is 1.94. The molecular formula is C16H16F2N2O3S2. The molecule has 3 N–H and O–H groups in total. The van der Waals surface area contributed by atoms with Crippen LogP contribution in [0.1, 0.15) is 18.5 Å². The number of amides is 1. The summed E-state index contributed by atoms with van der Waals surface area (Å²) < 4.78 is 49.0. The highest BCUT2D eigenvalue weighted by Crippen LogP contribution is 2.23. The average Bonchev–Trinajstić information content (AvgIpc) is 2.55. The molecule has 1 atom stereocenters. The van der Waals surface area contributed by atoms with Crippen LogP contribution in [0.25, 0.3) is 0 Å². The Morgan fingerprint density at radius 2 is 1.84 bits per heavy atom. The predicted molar refractivity (Wildman–Crippen MR) is 91.5 cm³/mol. The van der Waals surface area contributed by atoms with Gasteiger partial charge in [0.1, 0.15) is 11.6 Å². The molecule has 0 unspecified atom stereocenters. The highest BCUT2D eigenvalue weighted by Gasteiger charge is 2.13. The molecule has 0 saturated carbocycles. The fourth-order valence-corrected chi connectivity index (χ4v) is 3.33. The van der Waals surface area contributed by atoms with Gasteiger partial charge in [0.15, 0.2) is 0 Å². The summed E-state index contributed by atoms with van der Waals surface area (Å²) in [6, 6.07) is 8.45. The number of benzene rings is 2. The van der Waals surface area contributed by atoms with E-state index in [-0.39, 0.29) is 27.5 Å². The molecule has 0 radical (unpaired) electrons. The molecule has 0 aliphatic rings. The second-order valence-electron chi connectivity index (χ2n) is 5.27. The Bertz CT molecular complexity index is 871. The topological polar surface area (TPSA) is 89.3 Å². The third-order valence-electron chi connectivity index (χ3n) is 3.34. The zero-order chi connectivity index (χ0) is 18.6. The van der Waals surface area contributed by atoms with Gasteiger partial charge in [-0.25, -0.2) is 22.3 Å². The number of carbonyl (C=O) groups is 1. The molecule has 0 aliphatic carbocycles. The number of nitrogens with one attached hydrogen (secondary N) is 1. The lowest BCUT2D eigenvalue weighted by Gasteiger charge is -2.14. The van der Waals surface area contributed by atoms with Crippen LogP contribution in [0.2, 0.25) is 0 Å². The fourth-order valence-electron chi connectivity index (χ4n) is 2.04. The van der Waals surface area contributed by atoms with E-state index < -0.39 is 21.7 Å². The van der Waals surface area contributed by atoms with Gasteiger partial charge < -0.3 is 5.32 Å². The molecule has 0 spiro atoms. The van der Waals surface area contributed by atoms with Crippen LogP contribution >= 0.6 is 11.8 Å². The Kier molecular flexibility index (Phi) is 6.15. The van der Waals surface area contributed by atoms with Gasteiger partial charge in [-0.15, -0.1) is 11.8 Å². The summed E-state index contributed by atoms with van der Waals surface area (Å²) in [5.74, 6) is -1.62. The quantitative estimate of drug-likeness (QED) is 0.747. The summed E-state index contributed by atoms with van der Waals surface area (Å²) in [6.45, 7) is 1.72. The summed E-state index contributed by atoms with van der Waals surface area (Å²) in [5.41, 5.74) is 0.683. The Morgan fingerprint density at radius 3 is 2.44 bits per heavy atom. The molecule has 9 heteroatoms. The van der Waals surface area contributed by atoms with E-state index in [1.54, 1.807) is 19.1 Å². The number of carbonyl (C=O) groups excluding carboxylic acids is 1. The van der Waals surface area contributed by atoms with Gasteiger partial charge in [0.2, 0.25) is 15.9 Å².